The van der Waals surface area contributed by atoms with Gasteiger partial charge in [0.2, 0.25) is 10.0 Å². The molecule has 0 unspecified atom stereocenters. The lowest BCUT2D eigenvalue weighted by molar-refractivity contribution is 0.578. The standard InChI is InChI=1S/C17H19N5O2S/c1-12-17(13(2)22(3)21-12)25(23,24)20-10-15-9-16(19-11-18-15)14-7-5-4-6-8-14/h4-9,11,20H,10H2,1-3H3. The topological polar surface area (TPSA) is 89.8 Å². The van der Waals surface area contributed by atoms with E-state index in [2.05, 4.69) is 19.8 Å². The van der Waals surface area contributed by atoms with Crippen molar-refractivity contribution in [3.8, 4) is 11.3 Å². The molecule has 0 bridgehead atoms. The smallest absolute Gasteiger partial charge is 0.244 e. The molecule has 3 aromatic rings. The molecule has 0 amide bonds. The summed E-state index contributed by atoms with van der Waals surface area (Å²) < 4.78 is 29.4. The molecule has 3 rings (SSSR count). The molecule has 25 heavy (non-hydrogen) atoms. The lowest BCUT2D eigenvalue weighted by atomic mass is 10.1. The molecule has 0 aliphatic rings. The van der Waals surface area contributed by atoms with Gasteiger partial charge in [-0.2, -0.15) is 5.10 Å². The number of nitrogens with one attached hydrogen (secondary N) is 1. The van der Waals surface area contributed by atoms with E-state index in [1.54, 1.807) is 31.6 Å². The Balaban J connectivity index is 1.82. The van der Waals surface area contributed by atoms with Gasteiger partial charge >= 0.3 is 0 Å². The van der Waals surface area contributed by atoms with Crippen molar-refractivity contribution >= 4 is 10.0 Å². The van der Waals surface area contributed by atoms with Gasteiger partial charge in [-0.15, -0.1) is 0 Å². The lowest BCUT2D eigenvalue weighted by Crippen LogP contribution is -2.25. The number of aryl methyl sites for hydroxylation is 2. The molecule has 0 radical (unpaired) electrons. The second-order valence-corrected chi connectivity index (χ2v) is 7.41. The Morgan fingerprint density at radius 1 is 1.12 bits per heavy atom. The number of benzene rings is 1. The average molecular weight is 357 g/mol. The second-order valence-electron chi connectivity index (χ2n) is 5.71. The minimum absolute atomic E-state index is 0.0818. The molecular formula is C17H19N5O2S. The quantitative estimate of drug-likeness (QED) is 0.754. The van der Waals surface area contributed by atoms with Crippen molar-refractivity contribution in [1.82, 2.24) is 24.5 Å². The summed E-state index contributed by atoms with van der Waals surface area (Å²) in [5.74, 6) is 0. The van der Waals surface area contributed by atoms with E-state index < -0.39 is 10.0 Å². The van der Waals surface area contributed by atoms with Crippen molar-refractivity contribution < 1.29 is 8.42 Å². The maximum atomic E-state index is 12.6. The Morgan fingerprint density at radius 2 is 1.84 bits per heavy atom. The first-order valence-electron chi connectivity index (χ1n) is 7.74. The van der Waals surface area contributed by atoms with Gasteiger partial charge in [-0.05, 0) is 19.9 Å². The van der Waals surface area contributed by atoms with Crippen molar-refractivity contribution in [2.75, 3.05) is 0 Å². The van der Waals surface area contributed by atoms with Crippen LogP contribution in [0.15, 0.2) is 47.6 Å². The minimum Gasteiger partial charge on any atom is -0.271 e. The zero-order valence-electron chi connectivity index (χ0n) is 14.3. The first kappa shape index (κ1) is 17.2. The fraction of sp³-hybridized carbons (Fsp3) is 0.235. The van der Waals surface area contributed by atoms with Crippen LogP contribution in [0.4, 0.5) is 0 Å². The Hall–Kier alpha value is -2.58. The Kier molecular flexibility index (Phi) is 4.65. The van der Waals surface area contributed by atoms with E-state index in [4.69, 9.17) is 0 Å². The molecule has 0 atom stereocenters. The average Bonchev–Trinajstić information content (AvgIpc) is 2.87. The molecule has 2 aromatic heterocycles. The number of aromatic nitrogens is 4. The molecule has 130 valence electrons. The van der Waals surface area contributed by atoms with Crippen LogP contribution in [0.3, 0.4) is 0 Å². The highest BCUT2D eigenvalue weighted by atomic mass is 32.2. The van der Waals surface area contributed by atoms with Crippen LogP contribution in [0.5, 0.6) is 0 Å². The molecular weight excluding hydrogens is 338 g/mol. The van der Waals surface area contributed by atoms with Gasteiger partial charge in [0, 0.05) is 12.6 Å². The number of hydrogen-bond acceptors (Lipinski definition) is 5. The number of sulfonamides is 1. The monoisotopic (exact) mass is 357 g/mol. The fourth-order valence-electron chi connectivity index (χ4n) is 2.65. The van der Waals surface area contributed by atoms with Crippen molar-refractivity contribution in [2.24, 2.45) is 7.05 Å². The molecule has 0 spiro atoms. The first-order chi connectivity index (χ1) is 11.9. The van der Waals surface area contributed by atoms with E-state index >= 15 is 0 Å². The predicted molar refractivity (Wildman–Crippen MR) is 94.2 cm³/mol. The van der Waals surface area contributed by atoms with Crippen LogP contribution >= 0.6 is 0 Å². The highest BCUT2D eigenvalue weighted by molar-refractivity contribution is 7.89. The summed E-state index contributed by atoms with van der Waals surface area (Å²) in [7, 11) is -1.95. The van der Waals surface area contributed by atoms with E-state index in [1.165, 1.54) is 6.33 Å². The maximum Gasteiger partial charge on any atom is 0.244 e. The summed E-state index contributed by atoms with van der Waals surface area (Å²) in [6.07, 6.45) is 1.44. The first-order valence-corrected chi connectivity index (χ1v) is 9.23. The molecule has 0 saturated carbocycles. The molecule has 0 aliphatic heterocycles. The summed E-state index contributed by atoms with van der Waals surface area (Å²) in [4.78, 5) is 8.61. The zero-order chi connectivity index (χ0) is 18.0. The third-order valence-corrected chi connectivity index (χ3v) is 5.60. The van der Waals surface area contributed by atoms with E-state index in [0.29, 0.717) is 17.1 Å². The van der Waals surface area contributed by atoms with Gasteiger partial charge in [-0.1, -0.05) is 30.3 Å². The van der Waals surface area contributed by atoms with Crippen LogP contribution < -0.4 is 4.72 Å². The van der Waals surface area contributed by atoms with Crippen molar-refractivity contribution in [2.45, 2.75) is 25.3 Å². The van der Waals surface area contributed by atoms with Gasteiger partial charge in [-0.3, -0.25) is 4.68 Å². The molecule has 8 heteroatoms. The molecule has 1 aromatic carbocycles. The highest BCUT2D eigenvalue weighted by Gasteiger charge is 2.23. The van der Waals surface area contributed by atoms with E-state index in [-0.39, 0.29) is 11.4 Å². The Morgan fingerprint density at radius 3 is 2.48 bits per heavy atom. The zero-order valence-corrected chi connectivity index (χ0v) is 15.1. The summed E-state index contributed by atoms with van der Waals surface area (Å²) in [6, 6.07) is 11.4. The normalized spacial score (nSPS) is 11.6. The summed E-state index contributed by atoms with van der Waals surface area (Å²) in [6.45, 7) is 3.49. The number of nitrogens with zero attached hydrogens (tertiary/aromatic N) is 4. The number of hydrogen-bond donors (Lipinski definition) is 1. The summed E-state index contributed by atoms with van der Waals surface area (Å²) >= 11 is 0. The van der Waals surface area contributed by atoms with Crippen LogP contribution in [-0.4, -0.2) is 28.2 Å². The van der Waals surface area contributed by atoms with Gasteiger partial charge in [-0.25, -0.2) is 23.1 Å². The van der Waals surface area contributed by atoms with Crippen LogP contribution in [0, 0.1) is 13.8 Å². The van der Waals surface area contributed by atoms with Gasteiger partial charge in [0.15, 0.2) is 0 Å². The molecule has 2 heterocycles. The van der Waals surface area contributed by atoms with Gasteiger partial charge in [0.1, 0.15) is 11.2 Å². The van der Waals surface area contributed by atoms with Gasteiger partial charge in [0.25, 0.3) is 0 Å². The fourth-order valence-corrected chi connectivity index (χ4v) is 4.08. The number of rotatable bonds is 5. The third kappa shape index (κ3) is 3.59. The van der Waals surface area contributed by atoms with Crippen LogP contribution in [0.2, 0.25) is 0 Å². The van der Waals surface area contributed by atoms with Gasteiger partial charge < -0.3 is 0 Å². The van der Waals surface area contributed by atoms with E-state index in [0.717, 1.165) is 11.3 Å². The molecule has 0 aliphatic carbocycles. The highest BCUT2D eigenvalue weighted by Crippen LogP contribution is 2.19. The molecule has 0 fully saturated rings. The van der Waals surface area contributed by atoms with Crippen LogP contribution in [-0.2, 0) is 23.6 Å². The lowest BCUT2D eigenvalue weighted by Gasteiger charge is -2.08. The third-order valence-electron chi connectivity index (χ3n) is 3.95. The summed E-state index contributed by atoms with van der Waals surface area (Å²) in [5.41, 5.74) is 3.36. The second kappa shape index (κ2) is 6.73. The molecule has 7 nitrogen and oxygen atoms in total. The Labute approximate surface area is 146 Å². The van der Waals surface area contributed by atoms with Crippen LogP contribution in [0.25, 0.3) is 11.3 Å². The van der Waals surface area contributed by atoms with Gasteiger partial charge in [0.05, 0.1) is 29.3 Å². The molecule has 1 N–H and O–H groups in total. The van der Waals surface area contributed by atoms with Crippen molar-refractivity contribution in [3.63, 3.8) is 0 Å². The van der Waals surface area contributed by atoms with Crippen LogP contribution in [0.1, 0.15) is 17.1 Å². The SMILES string of the molecule is Cc1nn(C)c(C)c1S(=O)(=O)NCc1cc(-c2ccccc2)ncn1. The largest absolute Gasteiger partial charge is 0.271 e. The maximum absolute atomic E-state index is 12.6. The Bertz CT molecular complexity index is 997. The summed E-state index contributed by atoms with van der Waals surface area (Å²) in [5, 5.41) is 4.16. The van der Waals surface area contributed by atoms with Crippen molar-refractivity contribution in [1.29, 1.82) is 0 Å². The van der Waals surface area contributed by atoms with Crippen molar-refractivity contribution in [3.05, 3.63) is 59.8 Å². The van der Waals surface area contributed by atoms with E-state index in [9.17, 15) is 8.42 Å². The molecule has 0 saturated heterocycles. The minimum atomic E-state index is -3.67. The predicted octanol–water partition coefficient (Wildman–Crippen LogP) is 1.97. The van der Waals surface area contributed by atoms with E-state index in [1.807, 2.05) is 30.3 Å².